The second-order valence-corrected chi connectivity index (χ2v) is 9.46. The van der Waals surface area contributed by atoms with E-state index in [0.29, 0.717) is 0 Å². The summed E-state index contributed by atoms with van der Waals surface area (Å²) < 4.78 is 11.8. The van der Waals surface area contributed by atoms with Crippen molar-refractivity contribution in [2.24, 2.45) is 11.8 Å². The Bertz CT molecular complexity index is 502. The van der Waals surface area contributed by atoms with E-state index in [2.05, 4.69) is 26.0 Å². The predicted octanol–water partition coefficient (Wildman–Crippen LogP) is 8.97. The number of benzene rings is 1. The quantitative estimate of drug-likeness (QED) is 0.236. The van der Waals surface area contributed by atoms with Gasteiger partial charge in [-0.25, -0.2) is 0 Å². The molecule has 2 heteroatoms. The molecule has 0 aromatic heterocycles. The molecule has 0 aliphatic heterocycles. The molecule has 0 spiro atoms. The van der Waals surface area contributed by atoms with Gasteiger partial charge >= 0.3 is 0 Å². The van der Waals surface area contributed by atoms with E-state index in [0.717, 1.165) is 43.0 Å². The highest BCUT2D eigenvalue weighted by molar-refractivity contribution is 5.31. The molecule has 0 atom stereocenters. The minimum Gasteiger partial charge on any atom is -0.494 e. The van der Waals surface area contributed by atoms with Gasteiger partial charge in [-0.2, -0.15) is 0 Å². The third-order valence-electron chi connectivity index (χ3n) is 6.80. The van der Waals surface area contributed by atoms with Gasteiger partial charge in [-0.05, 0) is 55.4 Å². The van der Waals surface area contributed by atoms with Crippen LogP contribution in [0, 0.1) is 11.8 Å². The van der Waals surface area contributed by atoms with E-state index in [9.17, 15) is 0 Å². The Morgan fingerprint density at radius 3 is 1.57 bits per heavy atom. The molecule has 30 heavy (non-hydrogen) atoms. The molecule has 1 aromatic rings. The van der Waals surface area contributed by atoms with Gasteiger partial charge in [0.2, 0.25) is 0 Å². The van der Waals surface area contributed by atoms with E-state index in [-0.39, 0.29) is 0 Å². The van der Waals surface area contributed by atoms with Crippen LogP contribution in [0.5, 0.6) is 11.5 Å². The number of hydrogen-bond acceptors (Lipinski definition) is 2. The number of hydrogen-bond donors (Lipinski definition) is 0. The van der Waals surface area contributed by atoms with Crippen LogP contribution in [0.25, 0.3) is 0 Å². The second-order valence-electron chi connectivity index (χ2n) is 9.46. The molecule has 1 fully saturated rings. The molecule has 0 N–H and O–H groups in total. The monoisotopic (exact) mass is 416 g/mol. The van der Waals surface area contributed by atoms with Crippen molar-refractivity contribution in [1.82, 2.24) is 0 Å². The molecule has 1 saturated carbocycles. The summed E-state index contributed by atoms with van der Waals surface area (Å²) in [7, 11) is 0. The highest BCUT2D eigenvalue weighted by Crippen LogP contribution is 2.34. The van der Waals surface area contributed by atoms with Crippen LogP contribution in [0.3, 0.4) is 0 Å². The summed E-state index contributed by atoms with van der Waals surface area (Å²) in [6, 6.07) is 8.20. The van der Waals surface area contributed by atoms with Gasteiger partial charge in [-0.3, -0.25) is 0 Å². The fourth-order valence-corrected chi connectivity index (χ4v) is 4.76. The van der Waals surface area contributed by atoms with Crippen LogP contribution in [0.4, 0.5) is 0 Å². The second kappa shape index (κ2) is 16.5. The van der Waals surface area contributed by atoms with Crippen LogP contribution in [0.15, 0.2) is 24.3 Å². The van der Waals surface area contributed by atoms with E-state index in [1.54, 1.807) is 0 Å². The number of rotatable bonds is 17. The fraction of sp³-hybridized carbons (Fsp3) is 0.786. The Labute approximate surface area is 187 Å². The third-order valence-corrected chi connectivity index (χ3v) is 6.80. The van der Waals surface area contributed by atoms with Crippen LogP contribution < -0.4 is 9.47 Å². The molecular weight excluding hydrogens is 368 g/mol. The maximum Gasteiger partial charge on any atom is 0.119 e. The Kier molecular flexibility index (Phi) is 13.8. The molecule has 1 aromatic carbocycles. The fourth-order valence-electron chi connectivity index (χ4n) is 4.76. The Morgan fingerprint density at radius 1 is 0.567 bits per heavy atom. The van der Waals surface area contributed by atoms with Gasteiger partial charge in [0.25, 0.3) is 0 Å². The molecule has 1 aliphatic carbocycles. The van der Waals surface area contributed by atoms with Crippen LogP contribution in [0.1, 0.15) is 117 Å². The Balaban J connectivity index is 1.48. The molecule has 2 rings (SSSR count). The maximum absolute atomic E-state index is 5.96. The van der Waals surface area contributed by atoms with Crippen molar-refractivity contribution in [3.05, 3.63) is 24.3 Å². The zero-order chi connectivity index (χ0) is 21.3. The minimum absolute atomic E-state index is 0.827. The molecule has 0 bridgehead atoms. The molecule has 0 radical (unpaired) electrons. The van der Waals surface area contributed by atoms with Gasteiger partial charge < -0.3 is 9.47 Å². The van der Waals surface area contributed by atoms with Gasteiger partial charge in [-0.15, -0.1) is 0 Å². The molecule has 0 amide bonds. The minimum atomic E-state index is 0.827. The molecule has 172 valence electrons. The first-order valence-corrected chi connectivity index (χ1v) is 13.2. The first kappa shape index (κ1) is 25.1. The van der Waals surface area contributed by atoms with Crippen molar-refractivity contribution in [3.63, 3.8) is 0 Å². The van der Waals surface area contributed by atoms with E-state index in [1.165, 1.54) is 96.3 Å². The van der Waals surface area contributed by atoms with E-state index < -0.39 is 0 Å². The maximum atomic E-state index is 5.96. The molecule has 2 nitrogen and oxygen atoms in total. The van der Waals surface area contributed by atoms with Gasteiger partial charge in [0, 0.05) is 0 Å². The standard InChI is InChI=1S/C28H48O2/c1-3-5-7-8-9-11-23-29-27-19-21-28(22-20-27)30-24-12-14-26-17-15-25(16-18-26)13-10-6-4-2/h19-22,25-26H,3-18,23-24H2,1-2H3. The molecule has 0 heterocycles. The van der Waals surface area contributed by atoms with Crippen LogP contribution >= 0.6 is 0 Å². The summed E-state index contributed by atoms with van der Waals surface area (Å²) in [4.78, 5) is 0. The third kappa shape index (κ3) is 11.3. The van der Waals surface area contributed by atoms with Crippen LogP contribution in [-0.2, 0) is 0 Å². The van der Waals surface area contributed by atoms with Gasteiger partial charge in [0.05, 0.1) is 13.2 Å². The Hall–Kier alpha value is -1.18. The van der Waals surface area contributed by atoms with E-state index in [1.807, 2.05) is 12.1 Å². The highest BCUT2D eigenvalue weighted by atomic mass is 16.5. The van der Waals surface area contributed by atoms with Gasteiger partial charge in [0.15, 0.2) is 0 Å². The SMILES string of the molecule is CCCCCCCCOc1ccc(OCCCC2CCC(CCCCC)CC2)cc1. The molecule has 1 aliphatic rings. The first-order chi connectivity index (χ1) is 14.8. The van der Waals surface area contributed by atoms with Crippen molar-refractivity contribution in [1.29, 1.82) is 0 Å². The lowest BCUT2D eigenvalue weighted by molar-refractivity contribution is 0.228. The molecule has 0 saturated heterocycles. The van der Waals surface area contributed by atoms with E-state index >= 15 is 0 Å². The van der Waals surface area contributed by atoms with Gasteiger partial charge in [0.1, 0.15) is 11.5 Å². The highest BCUT2D eigenvalue weighted by Gasteiger charge is 2.20. The van der Waals surface area contributed by atoms with Crippen LogP contribution in [0.2, 0.25) is 0 Å². The summed E-state index contributed by atoms with van der Waals surface area (Å²) >= 11 is 0. The van der Waals surface area contributed by atoms with Crippen molar-refractivity contribution >= 4 is 0 Å². The van der Waals surface area contributed by atoms with Crippen LogP contribution in [-0.4, -0.2) is 13.2 Å². The Morgan fingerprint density at radius 2 is 1.00 bits per heavy atom. The lowest BCUT2D eigenvalue weighted by Gasteiger charge is -2.28. The molecule has 0 unspecified atom stereocenters. The zero-order valence-electron chi connectivity index (χ0n) is 20.0. The summed E-state index contributed by atoms with van der Waals surface area (Å²) in [5, 5.41) is 0. The lowest BCUT2D eigenvalue weighted by atomic mass is 9.78. The lowest BCUT2D eigenvalue weighted by Crippen LogP contribution is -2.15. The van der Waals surface area contributed by atoms with Crippen molar-refractivity contribution in [2.75, 3.05) is 13.2 Å². The summed E-state index contributed by atoms with van der Waals surface area (Å²) in [5.74, 6) is 3.90. The zero-order valence-corrected chi connectivity index (χ0v) is 20.0. The topological polar surface area (TPSA) is 18.5 Å². The number of ether oxygens (including phenoxy) is 2. The average Bonchev–Trinajstić information content (AvgIpc) is 2.78. The predicted molar refractivity (Wildman–Crippen MR) is 130 cm³/mol. The number of unbranched alkanes of at least 4 members (excludes halogenated alkanes) is 7. The smallest absolute Gasteiger partial charge is 0.119 e. The van der Waals surface area contributed by atoms with E-state index in [4.69, 9.17) is 9.47 Å². The van der Waals surface area contributed by atoms with Gasteiger partial charge in [-0.1, -0.05) is 97.3 Å². The summed E-state index contributed by atoms with van der Waals surface area (Å²) in [6.45, 7) is 6.23. The van der Waals surface area contributed by atoms with Crippen molar-refractivity contribution in [3.8, 4) is 11.5 Å². The molecular formula is C28H48O2. The largest absolute Gasteiger partial charge is 0.494 e. The van der Waals surface area contributed by atoms with Crippen molar-refractivity contribution in [2.45, 2.75) is 117 Å². The summed E-state index contributed by atoms with van der Waals surface area (Å²) in [6.07, 6.45) is 21.8. The average molecular weight is 417 g/mol. The summed E-state index contributed by atoms with van der Waals surface area (Å²) in [5.41, 5.74) is 0. The first-order valence-electron chi connectivity index (χ1n) is 13.2. The van der Waals surface area contributed by atoms with Crippen molar-refractivity contribution < 1.29 is 9.47 Å². The normalized spacial score (nSPS) is 19.0.